The first-order chi connectivity index (χ1) is 17.5. The molecule has 0 bridgehead atoms. The number of carbonyl (C=O) groups excluding carboxylic acids is 1. The Morgan fingerprint density at radius 2 is 1.72 bits per heavy atom. The number of rotatable bonds is 5. The van der Waals surface area contributed by atoms with Crippen molar-refractivity contribution in [2.45, 2.75) is 44.6 Å². The van der Waals surface area contributed by atoms with E-state index in [1.807, 2.05) is 30.3 Å². The molecule has 1 amide bonds. The molecule has 1 saturated carbocycles. The number of amides is 1. The van der Waals surface area contributed by atoms with Gasteiger partial charge in [-0.1, -0.05) is 24.3 Å². The Morgan fingerprint density at radius 3 is 2.42 bits per heavy atom. The maximum absolute atomic E-state index is 14.2. The lowest BCUT2D eigenvalue weighted by Gasteiger charge is -2.33. The van der Waals surface area contributed by atoms with E-state index in [1.54, 1.807) is 36.8 Å². The van der Waals surface area contributed by atoms with Crippen LogP contribution in [0.1, 0.15) is 60.3 Å². The molecule has 6 nitrogen and oxygen atoms in total. The van der Waals surface area contributed by atoms with Crippen molar-refractivity contribution in [1.29, 1.82) is 5.26 Å². The number of nitrogens with one attached hydrogen (secondary N) is 1. The second-order valence-corrected chi connectivity index (χ2v) is 9.39. The molecule has 0 spiro atoms. The van der Waals surface area contributed by atoms with Gasteiger partial charge in [-0.25, -0.2) is 14.4 Å². The van der Waals surface area contributed by atoms with Gasteiger partial charge in [-0.2, -0.15) is 5.26 Å². The number of benzene rings is 2. The van der Waals surface area contributed by atoms with E-state index >= 15 is 0 Å². The second-order valence-electron chi connectivity index (χ2n) is 9.39. The minimum Gasteiger partial charge on any atom is -0.349 e. The molecule has 0 unspecified atom stereocenters. The fourth-order valence-electron chi connectivity index (χ4n) is 5.20. The SMILES string of the molecule is C[C@@H](NC(=O)c1ccc(-c2cnc(C#N)nc2)cc1)C1CCC(c2ccnc3c(F)cccc23)CC1. The third-order valence-electron chi connectivity index (χ3n) is 7.27. The first kappa shape index (κ1) is 23.6. The Hall–Kier alpha value is -4.18. The second kappa shape index (κ2) is 10.2. The molecule has 1 N–H and O–H groups in total. The summed E-state index contributed by atoms with van der Waals surface area (Å²) >= 11 is 0. The molecular weight excluding hydrogens is 453 g/mol. The summed E-state index contributed by atoms with van der Waals surface area (Å²) in [6.07, 6.45) is 8.92. The number of hydrogen-bond acceptors (Lipinski definition) is 5. The van der Waals surface area contributed by atoms with Gasteiger partial charge in [0.15, 0.2) is 0 Å². The number of nitriles is 1. The van der Waals surface area contributed by atoms with Crippen LogP contribution in [0.5, 0.6) is 0 Å². The number of halogens is 1. The molecular formula is C29H26FN5O. The Balaban J connectivity index is 1.19. The molecule has 1 aliphatic carbocycles. The Bertz CT molecular complexity index is 1420. The number of pyridine rings is 1. The molecule has 1 fully saturated rings. The van der Waals surface area contributed by atoms with Crippen LogP contribution < -0.4 is 5.32 Å². The number of aromatic nitrogens is 3. The van der Waals surface area contributed by atoms with Crippen LogP contribution >= 0.6 is 0 Å². The van der Waals surface area contributed by atoms with Crippen LogP contribution in [0.15, 0.2) is 67.1 Å². The molecule has 2 heterocycles. The van der Waals surface area contributed by atoms with Crippen molar-refractivity contribution in [3.63, 3.8) is 0 Å². The van der Waals surface area contributed by atoms with Crippen molar-refractivity contribution in [3.05, 3.63) is 89.9 Å². The number of nitrogens with zero attached hydrogens (tertiary/aromatic N) is 4. The standard InChI is InChI=1S/C29H26FN5O/c1-18(35-29(36)22-11-7-20(8-12-22)23-16-33-27(15-31)34-17-23)19-5-9-21(10-6-19)24-13-14-32-28-25(24)3-2-4-26(28)30/h2-4,7-8,11-14,16-19,21H,5-6,9-10H2,1H3,(H,35,36)/t18-,19?,21?/m1/s1. The molecule has 2 aromatic heterocycles. The highest BCUT2D eigenvalue weighted by Crippen LogP contribution is 2.39. The minimum absolute atomic E-state index is 0.0525. The molecule has 36 heavy (non-hydrogen) atoms. The van der Waals surface area contributed by atoms with Crippen LogP contribution in [0, 0.1) is 23.1 Å². The largest absolute Gasteiger partial charge is 0.349 e. The zero-order valence-corrected chi connectivity index (χ0v) is 20.0. The zero-order valence-electron chi connectivity index (χ0n) is 20.0. The van der Waals surface area contributed by atoms with Crippen LogP contribution in [0.25, 0.3) is 22.0 Å². The average Bonchev–Trinajstić information content (AvgIpc) is 2.93. The lowest BCUT2D eigenvalue weighted by molar-refractivity contribution is 0.0918. The van der Waals surface area contributed by atoms with Crippen molar-refractivity contribution < 1.29 is 9.18 Å². The van der Waals surface area contributed by atoms with E-state index < -0.39 is 0 Å². The summed E-state index contributed by atoms with van der Waals surface area (Å²) in [5.41, 5.74) is 3.87. The van der Waals surface area contributed by atoms with Gasteiger partial charge in [-0.3, -0.25) is 9.78 Å². The maximum Gasteiger partial charge on any atom is 0.251 e. The zero-order chi connectivity index (χ0) is 25.1. The lowest BCUT2D eigenvalue weighted by atomic mass is 9.75. The summed E-state index contributed by atoms with van der Waals surface area (Å²) in [4.78, 5) is 25.1. The summed E-state index contributed by atoms with van der Waals surface area (Å²) in [6.45, 7) is 2.07. The molecule has 1 atom stereocenters. The quantitative estimate of drug-likeness (QED) is 0.391. The summed E-state index contributed by atoms with van der Waals surface area (Å²) < 4.78 is 14.2. The lowest BCUT2D eigenvalue weighted by Crippen LogP contribution is -2.39. The fourth-order valence-corrected chi connectivity index (χ4v) is 5.20. The summed E-state index contributed by atoms with van der Waals surface area (Å²) in [5, 5.41) is 12.9. The topological polar surface area (TPSA) is 91.6 Å². The van der Waals surface area contributed by atoms with Crippen LogP contribution in [0.2, 0.25) is 0 Å². The Kier molecular flexibility index (Phi) is 6.68. The molecule has 0 saturated heterocycles. The number of hydrogen-bond donors (Lipinski definition) is 1. The van der Waals surface area contributed by atoms with Crippen LogP contribution in [-0.4, -0.2) is 26.9 Å². The molecule has 7 heteroatoms. The van der Waals surface area contributed by atoms with E-state index in [2.05, 4.69) is 27.2 Å². The van der Waals surface area contributed by atoms with E-state index in [4.69, 9.17) is 5.26 Å². The highest BCUT2D eigenvalue weighted by molar-refractivity contribution is 5.94. The summed E-state index contributed by atoms with van der Waals surface area (Å²) in [7, 11) is 0. The normalized spacial score (nSPS) is 18.4. The van der Waals surface area contributed by atoms with E-state index in [9.17, 15) is 9.18 Å². The molecule has 1 aliphatic rings. The highest BCUT2D eigenvalue weighted by Gasteiger charge is 2.28. The molecule has 4 aromatic rings. The average molecular weight is 480 g/mol. The number of para-hydroxylation sites is 1. The van der Waals surface area contributed by atoms with Crippen molar-refractivity contribution in [1.82, 2.24) is 20.3 Å². The predicted octanol–water partition coefficient (Wildman–Crippen LogP) is 5.79. The van der Waals surface area contributed by atoms with Crippen molar-refractivity contribution in [2.24, 2.45) is 5.92 Å². The van der Waals surface area contributed by atoms with E-state index in [-0.39, 0.29) is 23.6 Å². The number of fused-ring (bicyclic) bond motifs is 1. The van der Waals surface area contributed by atoms with Crippen molar-refractivity contribution in [2.75, 3.05) is 0 Å². The Labute approximate surface area is 209 Å². The fraction of sp³-hybridized carbons (Fsp3) is 0.276. The van der Waals surface area contributed by atoms with Crippen LogP contribution in [0.3, 0.4) is 0 Å². The van der Waals surface area contributed by atoms with Gasteiger partial charge in [0.05, 0.1) is 0 Å². The van der Waals surface area contributed by atoms with Gasteiger partial charge < -0.3 is 5.32 Å². The summed E-state index contributed by atoms with van der Waals surface area (Å²) in [6, 6.07) is 16.4. The Morgan fingerprint density at radius 1 is 1.00 bits per heavy atom. The minimum atomic E-state index is -0.280. The van der Waals surface area contributed by atoms with Crippen LogP contribution in [0.4, 0.5) is 4.39 Å². The van der Waals surface area contributed by atoms with Gasteiger partial charge in [0.1, 0.15) is 17.4 Å². The first-order valence-electron chi connectivity index (χ1n) is 12.2. The third-order valence-corrected chi connectivity index (χ3v) is 7.27. The van der Waals surface area contributed by atoms with Gasteiger partial charge in [0.2, 0.25) is 5.82 Å². The molecule has 180 valence electrons. The molecule has 5 rings (SSSR count). The van der Waals surface area contributed by atoms with Gasteiger partial charge in [-0.05, 0) is 79.8 Å². The van der Waals surface area contributed by atoms with E-state index in [0.29, 0.717) is 22.9 Å². The molecule has 2 aromatic carbocycles. The molecule has 0 radical (unpaired) electrons. The third kappa shape index (κ3) is 4.80. The first-order valence-corrected chi connectivity index (χ1v) is 12.2. The maximum atomic E-state index is 14.2. The van der Waals surface area contributed by atoms with Crippen molar-refractivity contribution >= 4 is 16.8 Å². The smallest absolute Gasteiger partial charge is 0.251 e. The molecule has 0 aliphatic heterocycles. The van der Waals surface area contributed by atoms with Gasteiger partial charge in [0.25, 0.3) is 5.91 Å². The van der Waals surface area contributed by atoms with Gasteiger partial charge in [-0.15, -0.1) is 0 Å². The van der Waals surface area contributed by atoms with E-state index in [0.717, 1.165) is 42.2 Å². The highest BCUT2D eigenvalue weighted by atomic mass is 19.1. The van der Waals surface area contributed by atoms with E-state index in [1.165, 1.54) is 11.6 Å². The predicted molar refractivity (Wildman–Crippen MR) is 136 cm³/mol. The van der Waals surface area contributed by atoms with Gasteiger partial charge >= 0.3 is 0 Å². The van der Waals surface area contributed by atoms with Crippen molar-refractivity contribution in [3.8, 4) is 17.2 Å². The van der Waals surface area contributed by atoms with Gasteiger partial charge in [0, 0.05) is 41.1 Å². The monoisotopic (exact) mass is 479 g/mol. The number of carbonyl (C=O) groups is 1. The summed E-state index contributed by atoms with van der Waals surface area (Å²) in [5.74, 6) is 0.515. The van der Waals surface area contributed by atoms with Crippen LogP contribution in [-0.2, 0) is 0 Å².